The minimum Gasteiger partial charge on any atom is -0.323 e. The van der Waals surface area contributed by atoms with Gasteiger partial charge in [0.15, 0.2) is 5.65 Å². The van der Waals surface area contributed by atoms with E-state index in [0.29, 0.717) is 13.1 Å². The number of aryl methyl sites for hydroxylation is 1. The Hall–Kier alpha value is -2.82. The van der Waals surface area contributed by atoms with Crippen LogP contribution in [0.4, 0.5) is 4.79 Å². The maximum atomic E-state index is 12.9. The van der Waals surface area contributed by atoms with Gasteiger partial charge >= 0.3 is 6.03 Å². The lowest BCUT2D eigenvalue weighted by Crippen LogP contribution is -2.34. The molecular weight excluding hydrogens is 346 g/mol. The van der Waals surface area contributed by atoms with E-state index in [-0.39, 0.29) is 16.2 Å². The van der Waals surface area contributed by atoms with E-state index >= 15 is 0 Å². The summed E-state index contributed by atoms with van der Waals surface area (Å²) in [5.74, 6) is 0. The summed E-state index contributed by atoms with van der Waals surface area (Å²) in [4.78, 5) is 21.6. The molecule has 11 heteroatoms. The molecule has 1 amide bonds. The summed E-state index contributed by atoms with van der Waals surface area (Å²) in [6, 6.07) is 1.21. The van der Waals surface area contributed by atoms with E-state index in [9.17, 15) is 13.2 Å². The van der Waals surface area contributed by atoms with Gasteiger partial charge in [0.2, 0.25) is 9.84 Å². The average molecular weight is 363 g/mol. The Balaban J connectivity index is 2.07. The van der Waals surface area contributed by atoms with Crippen molar-refractivity contribution in [2.75, 3.05) is 13.1 Å². The molecule has 0 atom stereocenters. The molecular formula is C14H17N7O3S. The number of hydrogen-bond acceptors (Lipinski definition) is 7. The second-order valence-corrected chi connectivity index (χ2v) is 7.01. The summed E-state index contributed by atoms with van der Waals surface area (Å²) >= 11 is 0. The Morgan fingerprint density at radius 3 is 2.60 bits per heavy atom. The summed E-state index contributed by atoms with van der Waals surface area (Å²) in [6.45, 7) is 6.18. The average Bonchev–Trinajstić information content (AvgIpc) is 3.20. The van der Waals surface area contributed by atoms with Crippen molar-refractivity contribution >= 4 is 21.5 Å². The van der Waals surface area contributed by atoms with Gasteiger partial charge in [-0.2, -0.15) is 9.78 Å². The SMILES string of the molecule is CCN(CC)C(=O)n1cnc(S(=O)(=O)c2c(C)nn3cccnc23)n1. The van der Waals surface area contributed by atoms with Gasteiger partial charge in [0.25, 0.3) is 5.16 Å². The first-order valence-electron chi connectivity index (χ1n) is 7.66. The van der Waals surface area contributed by atoms with Crippen molar-refractivity contribution in [1.82, 2.24) is 34.3 Å². The van der Waals surface area contributed by atoms with E-state index < -0.39 is 21.0 Å². The molecule has 0 bridgehead atoms. The van der Waals surface area contributed by atoms with Crippen LogP contribution in [0.15, 0.2) is 34.8 Å². The normalized spacial score (nSPS) is 11.8. The third-order valence-electron chi connectivity index (χ3n) is 3.73. The summed E-state index contributed by atoms with van der Waals surface area (Å²) in [6.07, 6.45) is 4.18. The van der Waals surface area contributed by atoms with Crippen LogP contribution in [0.3, 0.4) is 0 Å². The number of nitrogens with zero attached hydrogens (tertiary/aromatic N) is 7. The fraction of sp³-hybridized carbons (Fsp3) is 0.357. The molecule has 132 valence electrons. The van der Waals surface area contributed by atoms with Gasteiger partial charge in [0, 0.05) is 25.5 Å². The fourth-order valence-electron chi connectivity index (χ4n) is 2.48. The predicted molar refractivity (Wildman–Crippen MR) is 86.9 cm³/mol. The Morgan fingerprint density at radius 2 is 1.92 bits per heavy atom. The van der Waals surface area contributed by atoms with Gasteiger partial charge in [0.05, 0.1) is 5.69 Å². The largest absolute Gasteiger partial charge is 0.346 e. The molecule has 0 radical (unpaired) electrons. The van der Waals surface area contributed by atoms with Crippen LogP contribution in [0, 0.1) is 6.92 Å². The molecule has 25 heavy (non-hydrogen) atoms. The van der Waals surface area contributed by atoms with Gasteiger partial charge in [-0.15, -0.1) is 5.10 Å². The molecule has 0 unspecified atom stereocenters. The summed E-state index contributed by atoms with van der Waals surface area (Å²) < 4.78 is 28.1. The predicted octanol–water partition coefficient (Wildman–Crippen LogP) is 0.772. The van der Waals surface area contributed by atoms with Crippen molar-refractivity contribution in [2.45, 2.75) is 30.8 Å². The van der Waals surface area contributed by atoms with Crippen LogP contribution in [-0.4, -0.2) is 61.8 Å². The van der Waals surface area contributed by atoms with Gasteiger partial charge in [-0.1, -0.05) is 0 Å². The molecule has 3 heterocycles. The third kappa shape index (κ3) is 2.76. The van der Waals surface area contributed by atoms with Crippen molar-refractivity contribution in [2.24, 2.45) is 0 Å². The van der Waals surface area contributed by atoms with Crippen LogP contribution in [0.2, 0.25) is 0 Å². The maximum Gasteiger partial charge on any atom is 0.346 e. The van der Waals surface area contributed by atoms with Gasteiger partial charge < -0.3 is 4.90 Å². The zero-order chi connectivity index (χ0) is 18.2. The van der Waals surface area contributed by atoms with Crippen molar-refractivity contribution in [3.05, 3.63) is 30.5 Å². The number of carbonyl (C=O) groups is 1. The number of amides is 1. The van der Waals surface area contributed by atoms with Crippen molar-refractivity contribution in [3.8, 4) is 0 Å². The number of aromatic nitrogens is 6. The zero-order valence-corrected chi connectivity index (χ0v) is 14.8. The van der Waals surface area contributed by atoms with Gasteiger partial charge in [0.1, 0.15) is 11.2 Å². The minimum atomic E-state index is -4.06. The number of sulfone groups is 1. The van der Waals surface area contributed by atoms with Crippen LogP contribution in [0.25, 0.3) is 5.65 Å². The van der Waals surface area contributed by atoms with E-state index in [1.807, 2.05) is 13.8 Å². The highest BCUT2D eigenvalue weighted by Gasteiger charge is 2.31. The van der Waals surface area contributed by atoms with E-state index in [0.717, 1.165) is 11.0 Å². The monoisotopic (exact) mass is 363 g/mol. The summed E-state index contributed by atoms with van der Waals surface area (Å²) in [5.41, 5.74) is 0.469. The highest BCUT2D eigenvalue weighted by molar-refractivity contribution is 7.91. The van der Waals surface area contributed by atoms with Crippen LogP contribution in [0.5, 0.6) is 0 Å². The standard InChI is InChI=1S/C14H17N7O3S/c1-4-19(5-2)14(22)21-9-16-13(18-21)25(23,24)11-10(3)17-20-8-6-7-15-12(11)20/h6-9H,4-5H2,1-3H3. The molecule has 0 aliphatic heterocycles. The van der Waals surface area contributed by atoms with Gasteiger partial charge in [-0.25, -0.2) is 27.7 Å². The first-order valence-corrected chi connectivity index (χ1v) is 9.14. The Kier molecular flexibility index (Phi) is 4.25. The number of hydrogen-bond donors (Lipinski definition) is 0. The van der Waals surface area contributed by atoms with E-state index in [4.69, 9.17) is 0 Å². The molecule has 0 saturated heterocycles. The van der Waals surface area contributed by atoms with Crippen LogP contribution < -0.4 is 0 Å². The third-order valence-corrected chi connectivity index (χ3v) is 5.41. The highest BCUT2D eigenvalue weighted by atomic mass is 32.2. The Labute approximate surface area is 144 Å². The molecule has 0 aliphatic carbocycles. The molecule has 0 saturated carbocycles. The smallest absolute Gasteiger partial charge is 0.323 e. The number of fused-ring (bicyclic) bond motifs is 1. The fourth-order valence-corrected chi connectivity index (χ4v) is 3.86. The number of rotatable bonds is 4. The molecule has 0 aliphatic rings. The molecule has 3 rings (SSSR count). The Morgan fingerprint density at radius 1 is 1.20 bits per heavy atom. The lowest BCUT2D eigenvalue weighted by Gasteiger charge is -2.17. The second-order valence-electron chi connectivity index (χ2n) is 5.23. The molecule has 3 aromatic heterocycles. The molecule has 0 fully saturated rings. The van der Waals surface area contributed by atoms with Gasteiger partial charge in [-0.3, -0.25) is 0 Å². The van der Waals surface area contributed by atoms with Crippen LogP contribution >= 0.6 is 0 Å². The Bertz CT molecular complexity index is 1030. The lowest BCUT2D eigenvalue weighted by molar-refractivity contribution is 0.201. The summed E-state index contributed by atoms with van der Waals surface area (Å²) in [7, 11) is -4.06. The first kappa shape index (κ1) is 17.0. The molecule has 10 nitrogen and oxygen atoms in total. The number of carbonyl (C=O) groups excluding carboxylic acids is 1. The molecule has 3 aromatic rings. The quantitative estimate of drug-likeness (QED) is 0.672. The lowest BCUT2D eigenvalue weighted by atomic mass is 10.5. The molecule has 0 spiro atoms. The molecule has 0 aromatic carbocycles. The van der Waals surface area contributed by atoms with Crippen molar-refractivity contribution in [3.63, 3.8) is 0 Å². The van der Waals surface area contributed by atoms with Crippen LogP contribution in [0.1, 0.15) is 19.5 Å². The van der Waals surface area contributed by atoms with E-state index in [2.05, 4.69) is 20.2 Å². The molecule has 0 N–H and O–H groups in total. The van der Waals surface area contributed by atoms with Crippen molar-refractivity contribution in [1.29, 1.82) is 0 Å². The second kappa shape index (κ2) is 6.24. The first-order chi connectivity index (χ1) is 11.9. The maximum absolute atomic E-state index is 12.9. The van der Waals surface area contributed by atoms with E-state index in [1.54, 1.807) is 19.2 Å². The van der Waals surface area contributed by atoms with E-state index in [1.165, 1.54) is 15.6 Å². The van der Waals surface area contributed by atoms with Crippen LogP contribution in [-0.2, 0) is 9.84 Å². The zero-order valence-electron chi connectivity index (χ0n) is 14.0. The van der Waals surface area contributed by atoms with Crippen molar-refractivity contribution < 1.29 is 13.2 Å². The van der Waals surface area contributed by atoms with Gasteiger partial charge in [-0.05, 0) is 26.8 Å². The highest BCUT2D eigenvalue weighted by Crippen LogP contribution is 2.24. The minimum absolute atomic E-state index is 0.0684. The summed E-state index contributed by atoms with van der Waals surface area (Å²) in [5, 5.41) is 7.54. The topological polar surface area (TPSA) is 115 Å².